The molecule has 0 radical (unpaired) electrons. The number of ether oxygens (including phenoxy) is 2. The summed E-state index contributed by atoms with van der Waals surface area (Å²) in [4.78, 5) is 17.9. The number of rotatable bonds is 8. The van der Waals surface area contributed by atoms with Crippen molar-refractivity contribution in [3.63, 3.8) is 0 Å². The highest BCUT2D eigenvalue weighted by Gasteiger charge is 2.16. The van der Waals surface area contributed by atoms with E-state index in [-0.39, 0.29) is 11.8 Å². The Balaban J connectivity index is 2.95. The third kappa shape index (κ3) is 4.61. The summed E-state index contributed by atoms with van der Waals surface area (Å²) in [5.74, 6) is 0.809. The number of aromatic nitrogens is 1. The third-order valence-electron chi connectivity index (χ3n) is 2.92. The summed E-state index contributed by atoms with van der Waals surface area (Å²) >= 11 is 0. The van der Waals surface area contributed by atoms with Gasteiger partial charge in [0.1, 0.15) is 5.82 Å². The number of carbonyl (C=O) groups excluding carboxylic acids is 1. The lowest BCUT2D eigenvalue weighted by Gasteiger charge is -2.29. The number of carbonyl (C=O) groups is 1. The van der Waals surface area contributed by atoms with Gasteiger partial charge in [0.2, 0.25) is 0 Å². The van der Waals surface area contributed by atoms with Crippen LogP contribution in [-0.2, 0) is 9.47 Å². The Labute approximate surface area is 114 Å². The van der Waals surface area contributed by atoms with Crippen LogP contribution in [0, 0.1) is 0 Å². The molecule has 0 bridgehead atoms. The van der Waals surface area contributed by atoms with Gasteiger partial charge in [0.05, 0.1) is 19.3 Å². The highest BCUT2D eigenvalue weighted by Crippen LogP contribution is 2.16. The van der Waals surface area contributed by atoms with Crippen LogP contribution in [0.4, 0.5) is 5.82 Å². The molecule has 0 aromatic carbocycles. The van der Waals surface area contributed by atoms with Crippen molar-refractivity contribution >= 4 is 11.6 Å². The normalized spacial score (nSPS) is 12.2. The smallest absolute Gasteiger partial charge is 0.159 e. The summed E-state index contributed by atoms with van der Waals surface area (Å²) in [7, 11) is 3.34. The number of hydrogen-bond donors (Lipinski definition) is 0. The van der Waals surface area contributed by atoms with Gasteiger partial charge >= 0.3 is 0 Å². The third-order valence-corrected chi connectivity index (χ3v) is 2.92. The Bertz CT molecular complexity index is 409. The van der Waals surface area contributed by atoms with Crippen molar-refractivity contribution in [2.45, 2.75) is 19.9 Å². The fourth-order valence-corrected chi connectivity index (χ4v) is 1.88. The van der Waals surface area contributed by atoms with Crippen LogP contribution in [0.3, 0.4) is 0 Å². The molecule has 0 amide bonds. The number of methoxy groups -OCH3 is 2. The molecular weight excluding hydrogens is 244 g/mol. The minimum absolute atomic E-state index is 0.0368. The van der Waals surface area contributed by atoms with E-state index in [0.29, 0.717) is 25.3 Å². The van der Waals surface area contributed by atoms with E-state index in [2.05, 4.69) is 16.8 Å². The zero-order valence-corrected chi connectivity index (χ0v) is 12.0. The van der Waals surface area contributed by atoms with Gasteiger partial charge in [0.15, 0.2) is 5.78 Å². The van der Waals surface area contributed by atoms with Crippen LogP contribution < -0.4 is 4.90 Å². The van der Waals surface area contributed by atoms with Gasteiger partial charge in [-0.2, -0.15) is 0 Å². The van der Waals surface area contributed by atoms with Crippen molar-refractivity contribution < 1.29 is 14.3 Å². The molecule has 19 heavy (non-hydrogen) atoms. The van der Waals surface area contributed by atoms with Gasteiger partial charge in [0, 0.05) is 32.5 Å². The van der Waals surface area contributed by atoms with Crippen molar-refractivity contribution in [1.82, 2.24) is 4.98 Å². The number of nitrogens with zero attached hydrogens (tertiary/aromatic N) is 2. The first-order valence-electron chi connectivity index (χ1n) is 6.31. The first-order valence-corrected chi connectivity index (χ1v) is 6.31. The SMILES string of the molecule is COCCN(c1cc(C(C)=O)ccn1)C(C)COC. The maximum absolute atomic E-state index is 11.4. The van der Waals surface area contributed by atoms with Gasteiger partial charge in [-0.3, -0.25) is 4.79 Å². The highest BCUT2D eigenvalue weighted by atomic mass is 16.5. The summed E-state index contributed by atoms with van der Waals surface area (Å²) in [5, 5.41) is 0. The summed E-state index contributed by atoms with van der Waals surface area (Å²) < 4.78 is 10.3. The molecule has 0 N–H and O–H groups in total. The Kier molecular flexibility index (Phi) is 6.45. The number of Topliss-reactive ketones (excluding diaryl/α,β-unsaturated/α-hetero) is 1. The van der Waals surface area contributed by atoms with Gasteiger partial charge < -0.3 is 14.4 Å². The molecule has 0 saturated heterocycles. The molecule has 5 heteroatoms. The average molecular weight is 266 g/mol. The Morgan fingerprint density at radius 3 is 2.74 bits per heavy atom. The predicted molar refractivity (Wildman–Crippen MR) is 74.8 cm³/mol. The molecule has 0 saturated carbocycles. The van der Waals surface area contributed by atoms with E-state index in [1.807, 2.05) is 6.07 Å². The van der Waals surface area contributed by atoms with E-state index < -0.39 is 0 Å². The predicted octanol–water partition coefficient (Wildman–Crippen LogP) is 1.77. The van der Waals surface area contributed by atoms with Crippen molar-refractivity contribution in [2.75, 3.05) is 38.9 Å². The van der Waals surface area contributed by atoms with Gasteiger partial charge in [-0.15, -0.1) is 0 Å². The molecule has 0 aliphatic carbocycles. The molecule has 1 aromatic heterocycles. The van der Waals surface area contributed by atoms with Gasteiger partial charge in [-0.05, 0) is 26.0 Å². The van der Waals surface area contributed by atoms with Crippen molar-refractivity contribution in [1.29, 1.82) is 0 Å². The van der Waals surface area contributed by atoms with Gasteiger partial charge in [-0.1, -0.05) is 0 Å². The minimum atomic E-state index is 0.0368. The molecule has 106 valence electrons. The highest BCUT2D eigenvalue weighted by molar-refractivity contribution is 5.94. The monoisotopic (exact) mass is 266 g/mol. The summed E-state index contributed by atoms with van der Waals surface area (Å²) in [5.41, 5.74) is 0.664. The summed E-state index contributed by atoms with van der Waals surface area (Å²) in [6.45, 7) is 5.50. The van der Waals surface area contributed by atoms with Crippen molar-refractivity contribution in [3.8, 4) is 0 Å². The zero-order chi connectivity index (χ0) is 14.3. The second-order valence-electron chi connectivity index (χ2n) is 4.45. The van der Waals surface area contributed by atoms with Crippen LogP contribution in [0.5, 0.6) is 0 Å². The van der Waals surface area contributed by atoms with Crippen molar-refractivity contribution in [2.24, 2.45) is 0 Å². The largest absolute Gasteiger partial charge is 0.383 e. The molecule has 0 aliphatic heterocycles. The quantitative estimate of drug-likeness (QED) is 0.671. The van der Waals surface area contributed by atoms with Gasteiger partial charge in [-0.25, -0.2) is 4.98 Å². The Morgan fingerprint density at radius 2 is 2.16 bits per heavy atom. The second kappa shape index (κ2) is 7.86. The van der Waals surface area contributed by atoms with Crippen molar-refractivity contribution in [3.05, 3.63) is 23.9 Å². The van der Waals surface area contributed by atoms with Crippen LogP contribution in [-0.4, -0.2) is 50.8 Å². The first-order chi connectivity index (χ1) is 9.10. The number of hydrogen-bond acceptors (Lipinski definition) is 5. The second-order valence-corrected chi connectivity index (χ2v) is 4.45. The molecule has 1 unspecified atom stereocenters. The average Bonchev–Trinajstić information content (AvgIpc) is 2.40. The van der Waals surface area contributed by atoms with E-state index in [0.717, 1.165) is 5.82 Å². The Hall–Kier alpha value is -1.46. The molecule has 1 rings (SSSR count). The fourth-order valence-electron chi connectivity index (χ4n) is 1.88. The van der Waals surface area contributed by atoms with Gasteiger partial charge in [0.25, 0.3) is 0 Å². The first kappa shape index (κ1) is 15.6. The van der Waals surface area contributed by atoms with E-state index in [1.165, 1.54) is 0 Å². The molecule has 5 nitrogen and oxygen atoms in total. The van der Waals surface area contributed by atoms with E-state index in [4.69, 9.17) is 9.47 Å². The lowest BCUT2D eigenvalue weighted by Crippen LogP contribution is -2.39. The van der Waals surface area contributed by atoms with Crippen LogP contribution in [0.15, 0.2) is 18.3 Å². The number of pyridine rings is 1. The Morgan fingerprint density at radius 1 is 1.42 bits per heavy atom. The standard InChI is InChI=1S/C14H22N2O3/c1-11(10-19-4)16(7-8-18-3)14-9-13(12(2)17)5-6-15-14/h5-6,9,11H,7-8,10H2,1-4H3. The molecule has 1 atom stereocenters. The fraction of sp³-hybridized carbons (Fsp3) is 0.571. The van der Waals surface area contributed by atoms with Crippen LogP contribution in [0.2, 0.25) is 0 Å². The maximum atomic E-state index is 11.4. The summed E-state index contributed by atoms with van der Waals surface area (Å²) in [6.07, 6.45) is 1.66. The number of ketones is 1. The molecule has 1 aromatic rings. The summed E-state index contributed by atoms with van der Waals surface area (Å²) in [6, 6.07) is 3.70. The van der Waals surface area contributed by atoms with E-state index >= 15 is 0 Å². The molecule has 0 aliphatic rings. The molecule has 1 heterocycles. The molecular formula is C14H22N2O3. The lowest BCUT2D eigenvalue weighted by atomic mass is 10.2. The zero-order valence-electron chi connectivity index (χ0n) is 12.0. The lowest BCUT2D eigenvalue weighted by molar-refractivity contribution is 0.101. The minimum Gasteiger partial charge on any atom is -0.383 e. The van der Waals surface area contributed by atoms with Crippen LogP contribution >= 0.6 is 0 Å². The van der Waals surface area contributed by atoms with E-state index in [1.54, 1.807) is 33.4 Å². The number of anilines is 1. The molecule has 0 fully saturated rings. The van der Waals surface area contributed by atoms with E-state index in [9.17, 15) is 4.79 Å². The topological polar surface area (TPSA) is 51.7 Å². The van der Waals surface area contributed by atoms with Crippen LogP contribution in [0.25, 0.3) is 0 Å². The van der Waals surface area contributed by atoms with Crippen LogP contribution in [0.1, 0.15) is 24.2 Å². The molecule has 0 spiro atoms. The maximum Gasteiger partial charge on any atom is 0.159 e.